The summed E-state index contributed by atoms with van der Waals surface area (Å²) in [4.78, 5) is 4.72. The summed E-state index contributed by atoms with van der Waals surface area (Å²) in [5, 5.41) is 1.25. The molecule has 1 aromatic carbocycles. The first-order valence-corrected chi connectivity index (χ1v) is 10.0. The Bertz CT molecular complexity index is 633. The lowest BCUT2D eigenvalue weighted by Gasteiger charge is -2.33. The van der Waals surface area contributed by atoms with Crippen molar-refractivity contribution in [2.24, 2.45) is 5.92 Å². The summed E-state index contributed by atoms with van der Waals surface area (Å²) in [5.41, 5.74) is 2.04. The molecule has 6 heteroatoms. The van der Waals surface area contributed by atoms with Gasteiger partial charge in [0.1, 0.15) is 0 Å². The van der Waals surface area contributed by atoms with Gasteiger partial charge in [0.25, 0.3) is 0 Å². The molecule has 1 saturated heterocycles. The molecule has 0 saturated carbocycles. The maximum absolute atomic E-state index is 12.1. The number of nitrogens with zero attached hydrogens (tertiary/aromatic N) is 2. The highest BCUT2D eigenvalue weighted by atomic mass is 32.2. The molecule has 0 radical (unpaired) electrons. The second-order valence-corrected chi connectivity index (χ2v) is 8.47. The van der Waals surface area contributed by atoms with Gasteiger partial charge in [0.15, 0.2) is 0 Å². The number of rotatable bonds is 7. The van der Waals surface area contributed by atoms with Crippen LogP contribution in [0.1, 0.15) is 18.1 Å². The number of aryl methyl sites for hydroxylation is 1. The number of hydrogen-bond acceptors (Lipinski definition) is 4. The van der Waals surface area contributed by atoms with Gasteiger partial charge in [0.2, 0.25) is 10.0 Å². The third-order valence-electron chi connectivity index (χ3n) is 4.32. The number of piperazine rings is 1. The quantitative estimate of drug-likeness (QED) is 0.813. The van der Waals surface area contributed by atoms with Crippen LogP contribution in [0.15, 0.2) is 29.7 Å². The lowest BCUT2D eigenvalue weighted by Crippen LogP contribution is -2.46. The Hall–Kier alpha value is -1.21. The predicted molar refractivity (Wildman–Crippen MR) is 100 cm³/mol. The van der Waals surface area contributed by atoms with Crippen LogP contribution in [0.3, 0.4) is 0 Å². The van der Waals surface area contributed by atoms with E-state index in [0.717, 1.165) is 43.9 Å². The Kier molecular flexibility index (Phi) is 6.98. The molecule has 1 N–H and O–H groups in total. The molecule has 1 aromatic rings. The molecule has 24 heavy (non-hydrogen) atoms. The van der Waals surface area contributed by atoms with E-state index in [-0.39, 0.29) is 5.92 Å². The second-order valence-electron chi connectivity index (χ2n) is 6.82. The van der Waals surface area contributed by atoms with Crippen LogP contribution in [0, 0.1) is 12.8 Å². The van der Waals surface area contributed by atoms with E-state index in [1.807, 2.05) is 31.2 Å². The molecule has 134 valence electrons. The van der Waals surface area contributed by atoms with Crippen molar-refractivity contribution < 1.29 is 8.42 Å². The molecule has 1 unspecified atom stereocenters. The van der Waals surface area contributed by atoms with Crippen molar-refractivity contribution in [2.75, 3.05) is 46.3 Å². The van der Waals surface area contributed by atoms with Crippen LogP contribution < -0.4 is 4.72 Å². The van der Waals surface area contributed by atoms with Crippen molar-refractivity contribution in [3.05, 3.63) is 40.8 Å². The van der Waals surface area contributed by atoms with Crippen molar-refractivity contribution in [3.8, 4) is 0 Å². The summed E-state index contributed by atoms with van der Waals surface area (Å²) in [7, 11) is -1.26. The third kappa shape index (κ3) is 6.73. The van der Waals surface area contributed by atoms with E-state index < -0.39 is 10.0 Å². The van der Waals surface area contributed by atoms with Crippen LogP contribution in [-0.2, 0) is 10.0 Å². The number of sulfonamides is 1. The number of likely N-dealkylation sites (N-methyl/N-ethyl adjacent to an activating group) is 1. The van der Waals surface area contributed by atoms with Crippen LogP contribution in [-0.4, -0.2) is 64.5 Å². The molecule has 0 bridgehead atoms. The standard InChI is InChI=1S/C18H29N3O2S/c1-16-4-6-18(7-5-16)8-13-24(22,23)19-14-17(2)15-21-11-9-20(3)10-12-21/h4-8,13,17,19H,9-12,14-15H2,1-3H3/b13-8+. The predicted octanol–water partition coefficient (Wildman–Crippen LogP) is 1.77. The lowest BCUT2D eigenvalue weighted by molar-refractivity contribution is 0.139. The molecular weight excluding hydrogens is 322 g/mol. The smallest absolute Gasteiger partial charge is 0.233 e. The zero-order chi connectivity index (χ0) is 17.6. The Morgan fingerprint density at radius 1 is 1.17 bits per heavy atom. The number of benzene rings is 1. The number of nitrogens with one attached hydrogen (secondary N) is 1. The average Bonchev–Trinajstić information content (AvgIpc) is 2.55. The first-order chi connectivity index (χ1) is 11.3. The maximum atomic E-state index is 12.1. The molecule has 1 fully saturated rings. The minimum atomic E-state index is -3.39. The highest BCUT2D eigenvalue weighted by molar-refractivity contribution is 7.92. The second kappa shape index (κ2) is 8.76. The minimum absolute atomic E-state index is 0.288. The maximum Gasteiger partial charge on any atom is 0.233 e. The monoisotopic (exact) mass is 351 g/mol. The molecule has 1 heterocycles. The van der Waals surface area contributed by atoms with Crippen LogP contribution in [0.2, 0.25) is 0 Å². The van der Waals surface area contributed by atoms with Crippen LogP contribution in [0.5, 0.6) is 0 Å². The van der Waals surface area contributed by atoms with E-state index in [0.29, 0.717) is 6.54 Å². The molecule has 2 rings (SSSR count). The minimum Gasteiger partial charge on any atom is -0.304 e. The molecular formula is C18H29N3O2S. The van der Waals surface area contributed by atoms with E-state index >= 15 is 0 Å². The summed E-state index contributed by atoms with van der Waals surface area (Å²) in [6.45, 7) is 9.76. The zero-order valence-electron chi connectivity index (χ0n) is 14.9. The fraction of sp³-hybridized carbons (Fsp3) is 0.556. The highest BCUT2D eigenvalue weighted by Gasteiger charge is 2.17. The molecule has 5 nitrogen and oxygen atoms in total. The van der Waals surface area contributed by atoms with Crippen molar-refractivity contribution in [2.45, 2.75) is 13.8 Å². The third-order valence-corrected chi connectivity index (χ3v) is 5.38. The first-order valence-electron chi connectivity index (χ1n) is 8.49. The first kappa shape index (κ1) is 19.1. The van der Waals surface area contributed by atoms with E-state index in [9.17, 15) is 8.42 Å². The van der Waals surface area contributed by atoms with Gasteiger partial charge in [0.05, 0.1) is 0 Å². The van der Waals surface area contributed by atoms with Crippen molar-refractivity contribution >= 4 is 16.1 Å². The zero-order valence-corrected chi connectivity index (χ0v) is 15.7. The van der Waals surface area contributed by atoms with Gasteiger partial charge in [-0.2, -0.15) is 0 Å². The number of hydrogen-bond donors (Lipinski definition) is 1. The van der Waals surface area contributed by atoms with Crippen LogP contribution in [0.25, 0.3) is 6.08 Å². The summed E-state index contributed by atoms with van der Waals surface area (Å²) >= 11 is 0. The van der Waals surface area contributed by atoms with Crippen molar-refractivity contribution in [3.63, 3.8) is 0 Å². The Balaban J connectivity index is 1.78. The van der Waals surface area contributed by atoms with Gasteiger partial charge < -0.3 is 9.80 Å². The Morgan fingerprint density at radius 3 is 2.42 bits per heavy atom. The van der Waals surface area contributed by atoms with E-state index in [1.165, 1.54) is 5.41 Å². The van der Waals surface area contributed by atoms with Gasteiger partial charge in [-0.05, 0) is 31.5 Å². The van der Waals surface area contributed by atoms with Crippen molar-refractivity contribution in [1.29, 1.82) is 0 Å². The highest BCUT2D eigenvalue weighted by Crippen LogP contribution is 2.07. The lowest BCUT2D eigenvalue weighted by atomic mass is 10.1. The SMILES string of the molecule is Cc1ccc(/C=C/S(=O)(=O)NCC(C)CN2CCN(C)CC2)cc1. The van der Waals surface area contributed by atoms with Crippen LogP contribution >= 0.6 is 0 Å². The average molecular weight is 352 g/mol. The molecule has 0 aliphatic carbocycles. The summed E-state index contributed by atoms with van der Waals surface area (Å²) in [6, 6.07) is 7.77. The van der Waals surface area contributed by atoms with Crippen molar-refractivity contribution in [1.82, 2.24) is 14.5 Å². The Labute approximate surface area is 146 Å². The van der Waals surface area contributed by atoms with Gasteiger partial charge >= 0.3 is 0 Å². The van der Waals surface area contributed by atoms with Gasteiger partial charge in [-0.1, -0.05) is 36.8 Å². The van der Waals surface area contributed by atoms with Gasteiger partial charge in [-0.3, -0.25) is 0 Å². The molecule has 0 aromatic heterocycles. The van der Waals surface area contributed by atoms with Gasteiger partial charge in [-0.15, -0.1) is 0 Å². The normalized spacial score (nSPS) is 19.0. The van der Waals surface area contributed by atoms with E-state index in [1.54, 1.807) is 6.08 Å². The fourth-order valence-electron chi connectivity index (χ4n) is 2.69. The van der Waals surface area contributed by atoms with Gasteiger partial charge in [0, 0.05) is 44.7 Å². The molecule has 0 amide bonds. The van der Waals surface area contributed by atoms with Gasteiger partial charge in [-0.25, -0.2) is 13.1 Å². The molecule has 1 aliphatic heterocycles. The Morgan fingerprint density at radius 2 is 1.79 bits per heavy atom. The fourth-order valence-corrected chi connectivity index (χ4v) is 3.64. The topological polar surface area (TPSA) is 52.7 Å². The summed E-state index contributed by atoms with van der Waals surface area (Å²) in [6.07, 6.45) is 1.63. The molecule has 1 aliphatic rings. The summed E-state index contributed by atoms with van der Waals surface area (Å²) in [5.74, 6) is 0.288. The summed E-state index contributed by atoms with van der Waals surface area (Å²) < 4.78 is 26.9. The molecule has 0 spiro atoms. The van der Waals surface area contributed by atoms with E-state index in [4.69, 9.17) is 0 Å². The van der Waals surface area contributed by atoms with E-state index in [2.05, 4.69) is 28.5 Å². The largest absolute Gasteiger partial charge is 0.304 e. The van der Waals surface area contributed by atoms with Crippen LogP contribution in [0.4, 0.5) is 0 Å². The molecule has 1 atom stereocenters.